The molecule has 0 radical (unpaired) electrons. The highest BCUT2D eigenvalue weighted by Gasteiger charge is 2.34. The Morgan fingerprint density at radius 2 is 1.37 bits per heavy atom. The summed E-state index contributed by atoms with van der Waals surface area (Å²) in [6.45, 7) is 10.3. The lowest BCUT2D eigenvalue weighted by molar-refractivity contribution is -0.164. The minimum atomic E-state index is -0.785. The number of hydrogen-bond acceptors (Lipinski definition) is 4. The Morgan fingerprint density at radius 1 is 0.895 bits per heavy atom. The van der Waals surface area contributed by atoms with Crippen molar-refractivity contribution in [1.29, 1.82) is 0 Å². The molecule has 0 aliphatic heterocycles. The van der Waals surface area contributed by atoms with Gasteiger partial charge in [-0.15, -0.1) is 0 Å². The van der Waals surface area contributed by atoms with E-state index < -0.39 is 17.9 Å². The van der Waals surface area contributed by atoms with Crippen LogP contribution in [0.15, 0.2) is 0 Å². The summed E-state index contributed by atoms with van der Waals surface area (Å²) >= 11 is 0. The molecule has 4 heteroatoms. The first kappa shape index (κ1) is 17.9. The molecule has 0 heterocycles. The van der Waals surface area contributed by atoms with Crippen LogP contribution in [0.4, 0.5) is 0 Å². The Kier molecular flexibility index (Phi) is 9.27. The van der Waals surface area contributed by atoms with Crippen LogP contribution in [0.25, 0.3) is 0 Å². The SMILES string of the molecule is CCOC(=O)C(C(=O)OCC)C(C)CCCC(C)C. The Labute approximate surface area is 116 Å². The average Bonchev–Trinajstić information content (AvgIpc) is 2.29. The third kappa shape index (κ3) is 7.19. The molecule has 112 valence electrons. The molecule has 0 N–H and O–H groups in total. The van der Waals surface area contributed by atoms with Gasteiger partial charge in [0.05, 0.1) is 13.2 Å². The van der Waals surface area contributed by atoms with Gasteiger partial charge in [0.1, 0.15) is 0 Å². The summed E-state index contributed by atoms with van der Waals surface area (Å²) in [6.07, 6.45) is 2.94. The van der Waals surface area contributed by atoms with E-state index in [0.717, 1.165) is 19.3 Å². The Bertz CT molecular complexity index is 255. The van der Waals surface area contributed by atoms with Gasteiger partial charge in [-0.2, -0.15) is 0 Å². The quantitative estimate of drug-likeness (QED) is 0.478. The van der Waals surface area contributed by atoms with E-state index >= 15 is 0 Å². The van der Waals surface area contributed by atoms with Crippen LogP contribution in [0.5, 0.6) is 0 Å². The third-order valence-corrected chi connectivity index (χ3v) is 3.09. The maximum atomic E-state index is 11.9. The highest BCUT2D eigenvalue weighted by Crippen LogP contribution is 2.22. The number of ether oxygens (including phenoxy) is 2. The molecule has 1 atom stereocenters. The lowest BCUT2D eigenvalue weighted by atomic mass is 9.88. The van der Waals surface area contributed by atoms with E-state index in [0.29, 0.717) is 5.92 Å². The van der Waals surface area contributed by atoms with E-state index in [1.807, 2.05) is 6.92 Å². The number of carbonyl (C=O) groups is 2. The van der Waals surface area contributed by atoms with Crippen molar-refractivity contribution in [2.24, 2.45) is 17.8 Å². The monoisotopic (exact) mass is 272 g/mol. The smallest absolute Gasteiger partial charge is 0.320 e. The molecule has 0 rings (SSSR count). The zero-order chi connectivity index (χ0) is 14.8. The van der Waals surface area contributed by atoms with Gasteiger partial charge in [0.25, 0.3) is 0 Å². The minimum Gasteiger partial charge on any atom is -0.465 e. The van der Waals surface area contributed by atoms with Gasteiger partial charge in [-0.05, 0) is 32.1 Å². The van der Waals surface area contributed by atoms with Crippen molar-refractivity contribution in [2.45, 2.75) is 53.9 Å². The van der Waals surface area contributed by atoms with Crippen molar-refractivity contribution in [1.82, 2.24) is 0 Å². The second kappa shape index (κ2) is 9.82. The lowest BCUT2D eigenvalue weighted by Gasteiger charge is -2.21. The summed E-state index contributed by atoms with van der Waals surface area (Å²) in [5, 5.41) is 0. The molecule has 4 nitrogen and oxygen atoms in total. The standard InChI is InChI=1S/C15H28O4/c1-6-18-14(16)13(15(17)19-7-2)12(5)10-8-9-11(3)4/h11-13H,6-10H2,1-5H3. The van der Waals surface area contributed by atoms with E-state index in [2.05, 4.69) is 13.8 Å². The maximum Gasteiger partial charge on any atom is 0.320 e. The molecule has 0 aromatic heterocycles. The molecular formula is C15H28O4. The molecule has 0 aliphatic carbocycles. The number of hydrogen-bond donors (Lipinski definition) is 0. The highest BCUT2D eigenvalue weighted by molar-refractivity contribution is 5.95. The largest absolute Gasteiger partial charge is 0.465 e. The van der Waals surface area contributed by atoms with Crippen LogP contribution in [0.1, 0.15) is 53.9 Å². The summed E-state index contributed by atoms with van der Waals surface area (Å²) in [5.74, 6) is -1.12. The van der Waals surface area contributed by atoms with Gasteiger partial charge in [0, 0.05) is 0 Å². The first-order valence-electron chi connectivity index (χ1n) is 7.27. The van der Waals surface area contributed by atoms with Gasteiger partial charge in [0.2, 0.25) is 0 Å². The average molecular weight is 272 g/mol. The molecule has 0 fully saturated rings. The van der Waals surface area contributed by atoms with Crippen LogP contribution in [0.3, 0.4) is 0 Å². The molecule has 0 saturated heterocycles. The van der Waals surface area contributed by atoms with Crippen LogP contribution in [-0.4, -0.2) is 25.2 Å². The first-order chi connectivity index (χ1) is 8.93. The van der Waals surface area contributed by atoms with Crippen LogP contribution < -0.4 is 0 Å². The van der Waals surface area contributed by atoms with Gasteiger partial charge in [0.15, 0.2) is 5.92 Å². The van der Waals surface area contributed by atoms with E-state index in [1.165, 1.54) is 0 Å². The predicted octanol–water partition coefficient (Wildman–Crippen LogP) is 3.19. The summed E-state index contributed by atoms with van der Waals surface area (Å²) in [6, 6.07) is 0. The fraction of sp³-hybridized carbons (Fsp3) is 0.867. The van der Waals surface area contributed by atoms with Crippen molar-refractivity contribution in [2.75, 3.05) is 13.2 Å². The number of carbonyl (C=O) groups excluding carboxylic acids is 2. The first-order valence-corrected chi connectivity index (χ1v) is 7.27. The highest BCUT2D eigenvalue weighted by atomic mass is 16.6. The predicted molar refractivity (Wildman–Crippen MR) is 74.6 cm³/mol. The van der Waals surface area contributed by atoms with Gasteiger partial charge < -0.3 is 9.47 Å². The van der Waals surface area contributed by atoms with Gasteiger partial charge in [-0.3, -0.25) is 9.59 Å². The molecule has 0 aliphatic rings. The fourth-order valence-corrected chi connectivity index (χ4v) is 2.04. The minimum absolute atomic E-state index is 0.0446. The summed E-state index contributed by atoms with van der Waals surface area (Å²) < 4.78 is 9.96. The zero-order valence-corrected chi connectivity index (χ0v) is 12.9. The Hall–Kier alpha value is -1.06. The van der Waals surface area contributed by atoms with E-state index in [9.17, 15) is 9.59 Å². The molecule has 0 spiro atoms. The van der Waals surface area contributed by atoms with Crippen LogP contribution in [0, 0.1) is 17.8 Å². The van der Waals surface area contributed by atoms with Crippen molar-refractivity contribution in [3.63, 3.8) is 0 Å². The maximum absolute atomic E-state index is 11.9. The van der Waals surface area contributed by atoms with Crippen LogP contribution >= 0.6 is 0 Å². The number of esters is 2. The summed E-state index contributed by atoms with van der Waals surface area (Å²) in [7, 11) is 0. The molecule has 0 amide bonds. The molecule has 0 aromatic rings. The molecule has 1 unspecified atom stereocenters. The van der Waals surface area contributed by atoms with Crippen molar-refractivity contribution < 1.29 is 19.1 Å². The molecule has 0 aromatic carbocycles. The van der Waals surface area contributed by atoms with Crippen molar-refractivity contribution >= 4 is 11.9 Å². The number of rotatable bonds is 9. The fourth-order valence-electron chi connectivity index (χ4n) is 2.04. The second-order valence-electron chi connectivity index (χ2n) is 5.28. The normalized spacial score (nSPS) is 12.6. The molecular weight excluding hydrogens is 244 g/mol. The van der Waals surface area contributed by atoms with E-state index in [-0.39, 0.29) is 19.1 Å². The summed E-state index contributed by atoms with van der Waals surface area (Å²) in [5.41, 5.74) is 0. The van der Waals surface area contributed by atoms with Crippen LogP contribution in [-0.2, 0) is 19.1 Å². The van der Waals surface area contributed by atoms with Crippen molar-refractivity contribution in [3.8, 4) is 0 Å². The second-order valence-corrected chi connectivity index (χ2v) is 5.28. The Balaban J connectivity index is 4.53. The summed E-state index contributed by atoms with van der Waals surface area (Å²) in [4.78, 5) is 23.7. The molecule has 0 bridgehead atoms. The third-order valence-electron chi connectivity index (χ3n) is 3.09. The van der Waals surface area contributed by atoms with Gasteiger partial charge >= 0.3 is 11.9 Å². The van der Waals surface area contributed by atoms with Crippen molar-refractivity contribution in [3.05, 3.63) is 0 Å². The zero-order valence-electron chi connectivity index (χ0n) is 12.9. The van der Waals surface area contributed by atoms with Gasteiger partial charge in [-0.1, -0.05) is 33.6 Å². The van der Waals surface area contributed by atoms with E-state index in [1.54, 1.807) is 13.8 Å². The topological polar surface area (TPSA) is 52.6 Å². The lowest BCUT2D eigenvalue weighted by Crippen LogP contribution is -2.33. The molecule has 19 heavy (non-hydrogen) atoms. The Morgan fingerprint density at radius 3 is 1.74 bits per heavy atom. The van der Waals surface area contributed by atoms with Crippen LogP contribution in [0.2, 0.25) is 0 Å². The molecule has 0 saturated carbocycles. The van der Waals surface area contributed by atoms with Gasteiger partial charge in [-0.25, -0.2) is 0 Å². The van der Waals surface area contributed by atoms with E-state index in [4.69, 9.17) is 9.47 Å².